The Balaban J connectivity index is 1.57. The van der Waals surface area contributed by atoms with Gasteiger partial charge in [0, 0.05) is 21.9 Å². The molecule has 0 atom stereocenters. The zero-order valence-electron chi connectivity index (χ0n) is 11.9. The zero-order chi connectivity index (χ0) is 16.1. The molecular weight excluding hydrogens is 333 g/mol. The number of halogens is 1. The molecular formula is C17H12FNO2S2. The number of ether oxygens (including phenoxy) is 1. The number of esters is 1. The summed E-state index contributed by atoms with van der Waals surface area (Å²) in [6, 6.07) is 9.98. The summed E-state index contributed by atoms with van der Waals surface area (Å²) < 4.78 is 18.1. The molecule has 0 aliphatic rings. The number of carbonyl (C=O) groups is 1. The average Bonchev–Trinajstić information content (AvgIpc) is 3.23. The second kappa shape index (κ2) is 7.30. The number of nitrogens with zero attached hydrogens (tertiary/aromatic N) is 1. The molecule has 116 valence electrons. The van der Waals surface area contributed by atoms with Gasteiger partial charge in [0.1, 0.15) is 17.4 Å². The van der Waals surface area contributed by atoms with Crippen molar-refractivity contribution in [1.29, 1.82) is 0 Å². The molecule has 2 aromatic heterocycles. The molecule has 0 spiro atoms. The predicted molar refractivity (Wildman–Crippen MR) is 90.7 cm³/mol. The molecule has 1 aromatic carbocycles. The third-order valence-electron chi connectivity index (χ3n) is 2.93. The SMILES string of the molecule is O=C(/C=C/c1cccs1)OCc1csc(-c2ccc(F)cc2)n1. The van der Waals surface area contributed by atoms with Gasteiger partial charge >= 0.3 is 5.97 Å². The fourth-order valence-electron chi connectivity index (χ4n) is 1.83. The van der Waals surface area contributed by atoms with Crippen LogP contribution in [0.15, 0.2) is 53.2 Å². The smallest absolute Gasteiger partial charge is 0.331 e. The van der Waals surface area contributed by atoms with E-state index in [0.29, 0.717) is 5.69 Å². The van der Waals surface area contributed by atoms with Crippen molar-refractivity contribution in [3.05, 3.63) is 69.6 Å². The number of benzene rings is 1. The van der Waals surface area contributed by atoms with Crippen molar-refractivity contribution in [2.75, 3.05) is 0 Å². The third kappa shape index (κ3) is 4.34. The summed E-state index contributed by atoms with van der Waals surface area (Å²) in [6.07, 6.45) is 3.12. The fraction of sp³-hybridized carbons (Fsp3) is 0.0588. The van der Waals surface area contributed by atoms with Crippen molar-refractivity contribution in [1.82, 2.24) is 4.98 Å². The molecule has 0 radical (unpaired) electrons. The standard InChI is InChI=1S/C17H12FNO2S2/c18-13-5-3-12(4-6-13)17-19-14(11-23-17)10-21-16(20)8-7-15-2-1-9-22-15/h1-9,11H,10H2/b8-7+. The number of aromatic nitrogens is 1. The lowest BCUT2D eigenvalue weighted by molar-refractivity contribution is -0.139. The first-order valence-electron chi connectivity index (χ1n) is 6.79. The van der Waals surface area contributed by atoms with E-state index in [1.165, 1.54) is 29.5 Å². The van der Waals surface area contributed by atoms with Gasteiger partial charge in [0.2, 0.25) is 0 Å². The van der Waals surface area contributed by atoms with E-state index in [2.05, 4.69) is 4.98 Å². The number of hydrogen-bond acceptors (Lipinski definition) is 5. The largest absolute Gasteiger partial charge is 0.456 e. The van der Waals surface area contributed by atoms with Gasteiger partial charge in [-0.05, 0) is 41.8 Å². The van der Waals surface area contributed by atoms with Gasteiger partial charge in [-0.1, -0.05) is 6.07 Å². The van der Waals surface area contributed by atoms with Gasteiger partial charge in [0.15, 0.2) is 0 Å². The van der Waals surface area contributed by atoms with Crippen LogP contribution < -0.4 is 0 Å². The van der Waals surface area contributed by atoms with E-state index >= 15 is 0 Å². The Morgan fingerprint density at radius 1 is 1.22 bits per heavy atom. The Kier molecular flexibility index (Phi) is 4.95. The van der Waals surface area contributed by atoms with Crippen LogP contribution >= 0.6 is 22.7 Å². The molecule has 0 amide bonds. The second-order valence-electron chi connectivity index (χ2n) is 4.61. The van der Waals surface area contributed by atoms with Crippen molar-refractivity contribution in [3.63, 3.8) is 0 Å². The minimum atomic E-state index is -0.408. The number of thiophene rings is 1. The van der Waals surface area contributed by atoms with Gasteiger partial charge in [0.25, 0.3) is 0 Å². The Morgan fingerprint density at radius 3 is 2.78 bits per heavy atom. The summed E-state index contributed by atoms with van der Waals surface area (Å²) in [7, 11) is 0. The molecule has 0 fully saturated rings. The number of carbonyl (C=O) groups excluding carboxylic acids is 1. The van der Waals surface area contributed by atoms with Crippen LogP contribution in [-0.4, -0.2) is 11.0 Å². The highest BCUT2D eigenvalue weighted by atomic mass is 32.1. The lowest BCUT2D eigenvalue weighted by Crippen LogP contribution is -2.00. The highest BCUT2D eigenvalue weighted by molar-refractivity contribution is 7.13. The predicted octanol–water partition coefficient (Wildman–Crippen LogP) is 4.77. The lowest BCUT2D eigenvalue weighted by atomic mass is 10.2. The molecule has 23 heavy (non-hydrogen) atoms. The number of thiazole rings is 1. The summed E-state index contributed by atoms with van der Waals surface area (Å²) in [5.74, 6) is -0.688. The van der Waals surface area contributed by atoms with Crippen LogP contribution in [0.25, 0.3) is 16.6 Å². The van der Waals surface area contributed by atoms with E-state index in [9.17, 15) is 9.18 Å². The first-order chi connectivity index (χ1) is 11.2. The molecule has 2 heterocycles. The molecule has 6 heteroatoms. The van der Waals surface area contributed by atoms with Gasteiger partial charge in [0.05, 0.1) is 5.69 Å². The molecule has 0 bridgehead atoms. The van der Waals surface area contributed by atoms with E-state index in [1.54, 1.807) is 29.5 Å². The Hall–Kier alpha value is -2.31. The second-order valence-corrected chi connectivity index (χ2v) is 6.44. The van der Waals surface area contributed by atoms with Crippen LogP contribution in [0.3, 0.4) is 0 Å². The maximum Gasteiger partial charge on any atom is 0.331 e. The lowest BCUT2D eigenvalue weighted by Gasteiger charge is -1.98. The van der Waals surface area contributed by atoms with Crippen molar-refractivity contribution in [2.24, 2.45) is 0 Å². The quantitative estimate of drug-likeness (QED) is 0.494. The zero-order valence-corrected chi connectivity index (χ0v) is 13.6. The van der Waals surface area contributed by atoms with Gasteiger partial charge in [-0.25, -0.2) is 14.2 Å². The van der Waals surface area contributed by atoms with Crippen molar-refractivity contribution < 1.29 is 13.9 Å². The van der Waals surface area contributed by atoms with E-state index in [4.69, 9.17) is 4.74 Å². The molecule has 0 saturated carbocycles. The summed E-state index contributed by atoms with van der Waals surface area (Å²) in [6.45, 7) is 0.116. The minimum absolute atomic E-state index is 0.116. The molecule has 3 rings (SSSR count). The molecule has 3 nitrogen and oxygen atoms in total. The maximum atomic E-state index is 12.9. The third-order valence-corrected chi connectivity index (χ3v) is 4.71. The number of hydrogen-bond donors (Lipinski definition) is 0. The highest BCUT2D eigenvalue weighted by Gasteiger charge is 2.07. The van der Waals surface area contributed by atoms with Crippen molar-refractivity contribution in [2.45, 2.75) is 6.61 Å². The highest BCUT2D eigenvalue weighted by Crippen LogP contribution is 2.24. The normalized spacial score (nSPS) is 11.0. The Bertz CT molecular complexity index is 808. The first-order valence-corrected chi connectivity index (χ1v) is 8.55. The molecule has 0 aliphatic heterocycles. The average molecular weight is 345 g/mol. The van der Waals surface area contributed by atoms with Gasteiger partial charge in [-0.3, -0.25) is 0 Å². The number of rotatable bonds is 5. The Morgan fingerprint density at radius 2 is 2.04 bits per heavy atom. The van der Waals surface area contributed by atoms with Crippen LogP contribution in [0.2, 0.25) is 0 Å². The van der Waals surface area contributed by atoms with Crippen molar-refractivity contribution in [3.8, 4) is 10.6 Å². The van der Waals surface area contributed by atoms with E-state index in [0.717, 1.165) is 15.4 Å². The molecule has 3 aromatic rings. The fourth-order valence-corrected chi connectivity index (χ4v) is 3.26. The summed E-state index contributed by atoms with van der Waals surface area (Å²) in [4.78, 5) is 17.0. The maximum absolute atomic E-state index is 12.9. The summed E-state index contributed by atoms with van der Waals surface area (Å²) in [5.41, 5.74) is 1.51. The van der Waals surface area contributed by atoms with E-state index < -0.39 is 5.97 Å². The van der Waals surface area contributed by atoms with Gasteiger partial charge < -0.3 is 4.74 Å². The van der Waals surface area contributed by atoms with Gasteiger partial charge in [-0.2, -0.15) is 0 Å². The van der Waals surface area contributed by atoms with Crippen LogP contribution in [0, 0.1) is 5.82 Å². The van der Waals surface area contributed by atoms with E-state index in [-0.39, 0.29) is 12.4 Å². The van der Waals surface area contributed by atoms with Crippen LogP contribution in [0.1, 0.15) is 10.6 Å². The molecule has 0 saturated heterocycles. The minimum Gasteiger partial charge on any atom is -0.456 e. The first kappa shape index (κ1) is 15.6. The summed E-state index contributed by atoms with van der Waals surface area (Å²) in [5, 5.41) is 4.54. The van der Waals surface area contributed by atoms with Gasteiger partial charge in [-0.15, -0.1) is 22.7 Å². The Labute approximate surface area is 140 Å². The molecule has 0 N–H and O–H groups in total. The molecule has 0 aliphatic carbocycles. The van der Waals surface area contributed by atoms with Crippen LogP contribution in [-0.2, 0) is 16.1 Å². The summed E-state index contributed by atoms with van der Waals surface area (Å²) >= 11 is 2.98. The molecule has 0 unspecified atom stereocenters. The monoisotopic (exact) mass is 345 g/mol. The van der Waals surface area contributed by atoms with E-state index in [1.807, 2.05) is 22.9 Å². The van der Waals surface area contributed by atoms with Crippen LogP contribution in [0.5, 0.6) is 0 Å². The topological polar surface area (TPSA) is 39.2 Å². The van der Waals surface area contributed by atoms with Crippen LogP contribution in [0.4, 0.5) is 4.39 Å². The van der Waals surface area contributed by atoms with Crippen molar-refractivity contribution >= 4 is 34.7 Å².